The molecule has 0 bridgehead atoms. The normalized spacial score (nSPS) is 11.4. The van der Waals surface area contributed by atoms with Crippen molar-refractivity contribution in [2.45, 2.75) is 6.18 Å². The van der Waals surface area contributed by atoms with Crippen LogP contribution >= 0.6 is 11.6 Å². The third-order valence-corrected chi connectivity index (χ3v) is 4.74. The zero-order chi connectivity index (χ0) is 22.9. The first kappa shape index (κ1) is 21.4. The SMILES string of the molecule is CNC(=O)c1cc(Oc2ccc3nc(Nc4ccc(C(F)(F)F)cc4Cl)[nH]c3c2)ccn1. The highest BCUT2D eigenvalue weighted by molar-refractivity contribution is 6.33. The van der Waals surface area contributed by atoms with Gasteiger partial charge in [-0.15, -0.1) is 0 Å². The van der Waals surface area contributed by atoms with E-state index in [4.69, 9.17) is 16.3 Å². The molecule has 4 rings (SSSR count). The number of imidazole rings is 1. The predicted molar refractivity (Wildman–Crippen MR) is 114 cm³/mol. The highest BCUT2D eigenvalue weighted by atomic mass is 35.5. The van der Waals surface area contributed by atoms with Crippen LogP contribution in [-0.4, -0.2) is 27.9 Å². The molecule has 2 aromatic heterocycles. The summed E-state index contributed by atoms with van der Waals surface area (Å²) in [5, 5.41) is 5.28. The van der Waals surface area contributed by atoms with E-state index in [1.807, 2.05) is 0 Å². The van der Waals surface area contributed by atoms with Gasteiger partial charge in [0, 0.05) is 25.4 Å². The van der Waals surface area contributed by atoms with E-state index < -0.39 is 11.7 Å². The van der Waals surface area contributed by atoms with E-state index in [9.17, 15) is 18.0 Å². The van der Waals surface area contributed by atoms with Crippen molar-refractivity contribution >= 4 is 40.2 Å². The lowest BCUT2D eigenvalue weighted by atomic mass is 10.2. The zero-order valence-corrected chi connectivity index (χ0v) is 17.2. The molecule has 2 aromatic carbocycles. The predicted octanol–water partition coefficient (Wildman–Crippen LogP) is 5.53. The van der Waals surface area contributed by atoms with Crippen LogP contribution in [0.25, 0.3) is 11.0 Å². The van der Waals surface area contributed by atoms with E-state index >= 15 is 0 Å². The van der Waals surface area contributed by atoms with Gasteiger partial charge in [-0.05, 0) is 36.4 Å². The van der Waals surface area contributed by atoms with Crippen molar-refractivity contribution < 1.29 is 22.7 Å². The van der Waals surface area contributed by atoms with Crippen molar-refractivity contribution in [2.24, 2.45) is 0 Å². The molecule has 0 radical (unpaired) electrons. The first-order chi connectivity index (χ1) is 15.2. The van der Waals surface area contributed by atoms with E-state index in [0.717, 1.165) is 12.1 Å². The lowest BCUT2D eigenvalue weighted by Gasteiger charge is -2.10. The molecule has 0 saturated carbocycles. The van der Waals surface area contributed by atoms with Gasteiger partial charge in [0.2, 0.25) is 5.95 Å². The highest BCUT2D eigenvalue weighted by Gasteiger charge is 2.30. The van der Waals surface area contributed by atoms with Gasteiger partial charge in [-0.25, -0.2) is 4.98 Å². The summed E-state index contributed by atoms with van der Waals surface area (Å²) in [5.41, 5.74) is 0.869. The minimum atomic E-state index is -4.48. The fourth-order valence-corrected chi connectivity index (χ4v) is 3.12. The van der Waals surface area contributed by atoms with Crippen molar-refractivity contribution in [2.75, 3.05) is 12.4 Å². The summed E-state index contributed by atoms with van der Waals surface area (Å²) in [4.78, 5) is 23.1. The van der Waals surface area contributed by atoms with E-state index in [1.165, 1.54) is 25.4 Å². The summed E-state index contributed by atoms with van der Waals surface area (Å²) in [6.07, 6.45) is -3.02. The Hall–Kier alpha value is -3.79. The van der Waals surface area contributed by atoms with Gasteiger partial charge in [0.05, 0.1) is 27.3 Å². The number of halogens is 4. The van der Waals surface area contributed by atoms with Gasteiger partial charge in [0.15, 0.2) is 0 Å². The Morgan fingerprint density at radius 2 is 1.88 bits per heavy atom. The molecule has 1 amide bonds. The molecule has 0 unspecified atom stereocenters. The average molecular weight is 462 g/mol. The molecular weight excluding hydrogens is 447 g/mol. The number of carbonyl (C=O) groups excluding carboxylic acids is 1. The molecule has 0 aliphatic heterocycles. The van der Waals surface area contributed by atoms with Gasteiger partial charge < -0.3 is 20.4 Å². The fourth-order valence-electron chi connectivity index (χ4n) is 2.89. The topological polar surface area (TPSA) is 91.9 Å². The quantitative estimate of drug-likeness (QED) is 0.363. The molecule has 0 fully saturated rings. The van der Waals surface area contributed by atoms with E-state index in [1.54, 1.807) is 24.3 Å². The number of carbonyl (C=O) groups is 1. The summed E-state index contributed by atoms with van der Waals surface area (Å²) in [6, 6.07) is 11.2. The molecule has 2 heterocycles. The second-order valence-electron chi connectivity index (χ2n) is 6.64. The van der Waals surface area contributed by atoms with Gasteiger partial charge in [-0.1, -0.05) is 11.6 Å². The number of anilines is 2. The first-order valence-electron chi connectivity index (χ1n) is 9.22. The molecule has 11 heteroatoms. The minimum absolute atomic E-state index is 0.0890. The van der Waals surface area contributed by atoms with Crippen LogP contribution in [0.15, 0.2) is 54.7 Å². The van der Waals surface area contributed by atoms with Crippen molar-refractivity contribution in [3.05, 3.63) is 71.0 Å². The summed E-state index contributed by atoms with van der Waals surface area (Å²) in [6.45, 7) is 0. The highest BCUT2D eigenvalue weighted by Crippen LogP contribution is 2.35. The molecular formula is C21H15ClF3N5O2. The molecule has 0 aliphatic carbocycles. The Bertz CT molecular complexity index is 1310. The lowest BCUT2D eigenvalue weighted by Crippen LogP contribution is -2.18. The maximum atomic E-state index is 12.8. The molecule has 0 aliphatic rings. The number of alkyl halides is 3. The Kier molecular flexibility index (Phi) is 5.62. The van der Waals surface area contributed by atoms with Gasteiger partial charge in [-0.3, -0.25) is 9.78 Å². The Labute approximate surface area is 184 Å². The van der Waals surface area contributed by atoms with Crippen LogP contribution in [0.4, 0.5) is 24.8 Å². The summed E-state index contributed by atoms with van der Waals surface area (Å²) in [7, 11) is 1.51. The molecule has 0 spiro atoms. The van der Waals surface area contributed by atoms with Crippen molar-refractivity contribution in [3.8, 4) is 11.5 Å². The average Bonchev–Trinajstić information content (AvgIpc) is 3.15. The number of pyridine rings is 1. The number of aromatic amines is 1. The van der Waals surface area contributed by atoms with Gasteiger partial charge >= 0.3 is 6.18 Å². The van der Waals surface area contributed by atoms with Gasteiger partial charge in [-0.2, -0.15) is 13.2 Å². The smallest absolute Gasteiger partial charge is 0.416 e. The molecule has 32 heavy (non-hydrogen) atoms. The standard InChI is InChI=1S/C21H15ClF3N5O2/c1-26-19(31)18-10-13(6-7-27-18)32-12-3-5-16-17(9-12)30-20(29-16)28-15-4-2-11(8-14(15)22)21(23,24)25/h2-10H,1H3,(H,26,31)(H2,28,29,30). The number of hydrogen-bond donors (Lipinski definition) is 3. The third kappa shape index (κ3) is 4.59. The van der Waals surface area contributed by atoms with Gasteiger partial charge in [0.1, 0.15) is 17.2 Å². The van der Waals surface area contributed by atoms with Crippen LogP contribution in [-0.2, 0) is 6.18 Å². The summed E-state index contributed by atoms with van der Waals surface area (Å²) < 4.78 is 44.2. The minimum Gasteiger partial charge on any atom is -0.457 e. The molecule has 7 nitrogen and oxygen atoms in total. The van der Waals surface area contributed by atoms with Crippen LogP contribution in [0.2, 0.25) is 5.02 Å². The number of rotatable bonds is 5. The second-order valence-corrected chi connectivity index (χ2v) is 7.05. The largest absolute Gasteiger partial charge is 0.457 e. The summed E-state index contributed by atoms with van der Waals surface area (Å²) in [5.74, 6) is 0.864. The number of amides is 1. The van der Waals surface area contributed by atoms with Crippen molar-refractivity contribution in [3.63, 3.8) is 0 Å². The maximum absolute atomic E-state index is 12.8. The van der Waals surface area contributed by atoms with Crippen LogP contribution in [0.1, 0.15) is 16.1 Å². The fraction of sp³-hybridized carbons (Fsp3) is 0.0952. The number of benzene rings is 2. The maximum Gasteiger partial charge on any atom is 0.416 e. The van der Waals surface area contributed by atoms with Crippen LogP contribution < -0.4 is 15.4 Å². The molecule has 4 aromatic rings. The molecule has 164 valence electrons. The van der Waals surface area contributed by atoms with Crippen LogP contribution in [0.5, 0.6) is 11.5 Å². The van der Waals surface area contributed by atoms with Crippen LogP contribution in [0, 0.1) is 0 Å². The zero-order valence-electron chi connectivity index (χ0n) is 16.4. The Balaban J connectivity index is 1.54. The third-order valence-electron chi connectivity index (χ3n) is 4.43. The number of hydrogen-bond acceptors (Lipinski definition) is 5. The Morgan fingerprint density at radius 1 is 1.09 bits per heavy atom. The van der Waals surface area contributed by atoms with Crippen molar-refractivity contribution in [1.29, 1.82) is 0 Å². The Morgan fingerprint density at radius 3 is 2.59 bits per heavy atom. The summed E-state index contributed by atoms with van der Waals surface area (Å²) >= 11 is 5.99. The number of nitrogens with one attached hydrogen (secondary N) is 3. The van der Waals surface area contributed by atoms with Crippen molar-refractivity contribution in [1.82, 2.24) is 20.3 Å². The van der Waals surface area contributed by atoms with E-state index in [2.05, 4.69) is 25.6 Å². The monoisotopic (exact) mass is 461 g/mol. The van der Waals surface area contributed by atoms with Crippen LogP contribution in [0.3, 0.4) is 0 Å². The van der Waals surface area contributed by atoms with Gasteiger partial charge in [0.25, 0.3) is 5.91 Å². The lowest BCUT2D eigenvalue weighted by molar-refractivity contribution is -0.137. The van der Waals surface area contributed by atoms with E-state index in [0.29, 0.717) is 28.5 Å². The van der Waals surface area contributed by atoms with E-state index in [-0.39, 0.29) is 22.3 Å². The number of aromatic nitrogens is 3. The molecule has 3 N–H and O–H groups in total. The molecule has 0 atom stereocenters. The first-order valence-corrected chi connectivity index (χ1v) is 9.60. The second kappa shape index (κ2) is 8.39. The molecule has 0 saturated heterocycles. The number of fused-ring (bicyclic) bond motifs is 1. The number of ether oxygens (including phenoxy) is 1. The number of nitrogens with zero attached hydrogens (tertiary/aromatic N) is 2. The number of H-pyrrole nitrogens is 1.